The van der Waals surface area contributed by atoms with Crippen LogP contribution in [0.1, 0.15) is 26.3 Å². The van der Waals surface area contributed by atoms with Crippen molar-refractivity contribution >= 4 is 24.0 Å². The molecule has 0 fully saturated rings. The molecule has 1 heterocycles. The summed E-state index contributed by atoms with van der Waals surface area (Å²) in [6.07, 6.45) is 0. The number of carbonyl (C=O) groups excluding carboxylic acids is 1. The Morgan fingerprint density at radius 3 is 2.35 bits per heavy atom. The Kier molecular flexibility index (Phi) is 6.91. The zero-order valence-corrected chi connectivity index (χ0v) is 14.7. The highest BCUT2D eigenvalue weighted by Gasteiger charge is 2.36. The number of hydrogen-bond donors (Lipinski definition) is 2. The van der Waals surface area contributed by atoms with Gasteiger partial charge in [-0.15, -0.1) is 12.4 Å². The molecule has 1 aliphatic heterocycles. The van der Waals surface area contributed by atoms with Crippen LogP contribution >= 0.6 is 12.4 Å². The molecule has 128 valence electrons. The zero-order chi connectivity index (χ0) is 16.3. The van der Waals surface area contributed by atoms with Crippen LogP contribution in [0.15, 0.2) is 36.0 Å². The SMILES string of the molecule is CC(C)CN1C(=O)C(C)C(N)=C(c2ccccc2)N1CCO.Cl. The molecule has 0 aromatic heterocycles. The normalized spacial score (nSPS) is 18.5. The average molecular weight is 340 g/mol. The lowest BCUT2D eigenvalue weighted by molar-refractivity contribution is -0.150. The number of hydrazine groups is 1. The molecular weight excluding hydrogens is 314 g/mol. The minimum absolute atomic E-state index is 0. The first-order valence-corrected chi connectivity index (χ1v) is 7.72. The standard InChI is InChI=1S/C17H25N3O2.ClH/c1-12(2)11-20-17(22)13(3)15(18)16(19(20)9-10-21)14-7-5-4-6-8-14;/h4-8,12-13,21H,9-11,18H2,1-3H3;1H. The zero-order valence-electron chi connectivity index (χ0n) is 13.9. The molecule has 1 amide bonds. The van der Waals surface area contributed by atoms with Gasteiger partial charge in [-0.2, -0.15) is 0 Å². The van der Waals surface area contributed by atoms with Gasteiger partial charge >= 0.3 is 0 Å². The largest absolute Gasteiger partial charge is 0.400 e. The van der Waals surface area contributed by atoms with E-state index < -0.39 is 0 Å². The van der Waals surface area contributed by atoms with E-state index in [1.165, 1.54) is 0 Å². The summed E-state index contributed by atoms with van der Waals surface area (Å²) in [5.41, 5.74) is 8.61. The van der Waals surface area contributed by atoms with Gasteiger partial charge in [0.15, 0.2) is 0 Å². The van der Waals surface area contributed by atoms with Crippen molar-refractivity contribution in [3.8, 4) is 0 Å². The number of amides is 1. The Labute approximate surface area is 144 Å². The van der Waals surface area contributed by atoms with Gasteiger partial charge in [-0.25, -0.2) is 0 Å². The first-order valence-electron chi connectivity index (χ1n) is 7.72. The highest BCUT2D eigenvalue weighted by atomic mass is 35.5. The van der Waals surface area contributed by atoms with Gasteiger partial charge in [-0.3, -0.25) is 14.8 Å². The molecule has 1 aliphatic rings. The molecule has 5 nitrogen and oxygen atoms in total. The number of rotatable bonds is 5. The van der Waals surface area contributed by atoms with Crippen molar-refractivity contribution < 1.29 is 9.90 Å². The highest BCUT2D eigenvalue weighted by Crippen LogP contribution is 2.32. The molecule has 1 unspecified atom stereocenters. The monoisotopic (exact) mass is 339 g/mol. The summed E-state index contributed by atoms with van der Waals surface area (Å²) in [6, 6.07) is 9.78. The van der Waals surface area contributed by atoms with Gasteiger partial charge < -0.3 is 10.8 Å². The fourth-order valence-corrected chi connectivity index (χ4v) is 2.72. The second-order valence-corrected chi connectivity index (χ2v) is 6.05. The van der Waals surface area contributed by atoms with E-state index in [1.54, 1.807) is 5.01 Å². The van der Waals surface area contributed by atoms with E-state index in [0.717, 1.165) is 11.3 Å². The number of β-amino-alcohol motifs (C(OH)–C–C–N with tert-alkyl or cyclic N) is 1. The van der Waals surface area contributed by atoms with Crippen LogP contribution in [0.25, 0.3) is 5.70 Å². The van der Waals surface area contributed by atoms with Crippen LogP contribution in [0.5, 0.6) is 0 Å². The van der Waals surface area contributed by atoms with E-state index in [4.69, 9.17) is 5.73 Å². The predicted molar refractivity (Wildman–Crippen MR) is 94.3 cm³/mol. The quantitative estimate of drug-likeness (QED) is 0.861. The summed E-state index contributed by atoms with van der Waals surface area (Å²) in [6.45, 7) is 6.88. The Morgan fingerprint density at radius 2 is 1.83 bits per heavy atom. The van der Waals surface area contributed by atoms with Gasteiger partial charge in [0, 0.05) is 17.8 Å². The van der Waals surface area contributed by atoms with E-state index >= 15 is 0 Å². The summed E-state index contributed by atoms with van der Waals surface area (Å²) < 4.78 is 0. The van der Waals surface area contributed by atoms with E-state index in [-0.39, 0.29) is 30.8 Å². The Hall–Kier alpha value is -1.72. The van der Waals surface area contributed by atoms with Gasteiger partial charge in [0.1, 0.15) is 0 Å². The van der Waals surface area contributed by atoms with Crippen molar-refractivity contribution in [1.29, 1.82) is 0 Å². The third-order valence-electron chi connectivity index (χ3n) is 3.81. The molecule has 3 N–H and O–H groups in total. The van der Waals surface area contributed by atoms with Crippen LogP contribution in [-0.4, -0.2) is 40.7 Å². The second-order valence-electron chi connectivity index (χ2n) is 6.05. The van der Waals surface area contributed by atoms with Crippen LogP contribution in [0, 0.1) is 11.8 Å². The van der Waals surface area contributed by atoms with Crippen molar-refractivity contribution in [2.75, 3.05) is 19.7 Å². The van der Waals surface area contributed by atoms with Crippen molar-refractivity contribution in [3.63, 3.8) is 0 Å². The molecule has 0 radical (unpaired) electrons. The van der Waals surface area contributed by atoms with Crippen molar-refractivity contribution in [2.24, 2.45) is 17.6 Å². The summed E-state index contributed by atoms with van der Waals surface area (Å²) in [5.74, 6) is -0.0445. The molecule has 0 spiro atoms. The Bertz CT molecular complexity index is 560. The lowest BCUT2D eigenvalue weighted by Gasteiger charge is -2.44. The number of nitrogens with two attached hydrogens (primary N) is 1. The lowest BCUT2D eigenvalue weighted by atomic mass is 9.97. The number of carbonyl (C=O) groups is 1. The van der Waals surface area contributed by atoms with Crippen LogP contribution in [0.2, 0.25) is 0 Å². The van der Waals surface area contributed by atoms with Crippen molar-refractivity contribution in [2.45, 2.75) is 20.8 Å². The number of aliphatic hydroxyl groups is 1. The average Bonchev–Trinajstić information content (AvgIpc) is 2.50. The van der Waals surface area contributed by atoms with Gasteiger partial charge in [-0.1, -0.05) is 44.2 Å². The summed E-state index contributed by atoms with van der Waals surface area (Å²) in [5, 5.41) is 13.0. The molecule has 0 saturated heterocycles. The Balaban J connectivity index is 0.00000264. The molecule has 1 atom stereocenters. The maximum atomic E-state index is 12.6. The molecule has 0 saturated carbocycles. The van der Waals surface area contributed by atoms with Gasteiger partial charge in [0.25, 0.3) is 0 Å². The number of aliphatic hydroxyl groups excluding tert-OH is 1. The second kappa shape index (κ2) is 8.22. The number of benzene rings is 1. The van der Waals surface area contributed by atoms with E-state index in [0.29, 0.717) is 24.7 Å². The van der Waals surface area contributed by atoms with E-state index in [2.05, 4.69) is 13.8 Å². The molecular formula is C17H26ClN3O2. The third-order valence-corrected chi connectivity index (χ3v) is 3.81. The maximum Gasteiger partial charge on any atom is 0.249 e. The van der Waals surface area contributed by atoms with Crippen molar-refractivity contribution in [1.82, 2.24) is 10.0 Å². The predicted octanol–water partition coefficient (Wildman–Crippen LogP) is 2.08. The summed E-state index contributed by atoms with van der Waals surface area (Å²) in [4.78, 5) is 12.6. The molecule has 23 heavy (non-hydrogen) atoms. The fraction of sp³-hybridized carbons (Fsp3) is 0.471. The minimum atomic E-state index is -0.358. The maximum absolute atomic E-state index is 12.6. The summed E-state index contributed by atoms with van der Waals surface area (Å²) in [7, 11) is 0. The Morgan fingerprint density at radius 1 is 1.22 bits per heavy atom. The van der Waals surface area contributed by atoms with Crippen LogP contribution in [0.4, 0.5) is 0 Å². The van der Waals surface area contributed by atoms with Crippen molar-refractivity contribution in [3.05, 3.63) is 41.6 Å². The molecule has 2 rings (SSSR count). The van der Waals surface area contributed by atoms with Crippen LogP contribution in [0.3, 0.4) is 0 Å². The highest BCUT2D eigenvalue weighted by molar-refractivity contribution is 5.87. The van der Waals surface area contributed by atoms with E-state index in [1.807, 2.05) is 42.3 Å². The molecule has 1 aromatic carbocycles. The van der Waals surface area contributed by atoms with Crippen LogP contribution < -0.4 is 5.73 Å². The molecule has 1 aromatic rings. The van der Waals surface area contributed by atoms with Gasteiger partial charge in [0.05, 0.1) is 24.8 Å². The molecule has 0 bridgehead atoms. The number of nitrogens with zero attached hydrogens (tertiary/aromatic N) is 2. The topological polar surface area (TPSA) is 69.8 Å². The first kappa shape index (κ1) is 19.3. The minimum Gasteiger partial charge on any atom is -0.400 e. The molecule has 6 heteroatoms. The smallest absolute Gasteiger partial charge is 0.249 e. The summed E-state index contributed by atoms with van der Waals surface area (Å²) >= 11 is 0. The number of halogens is 1. The third kappa shape index (κ3) is 3.98. The van der Waals surface area contributed by atoms with Gasteiger partial charge in [-0.05, 0) is 12.8 Å². The van der Waals surface area contributed by atoms with E-state index in [9.17, 15) is 9.90 Å². The lowest BCUT2D eigenvalue weighted by Crippen LogP contribution is -2.54. The fourth-order valence-electron chi connectivity index (χ4n) is 2.72. The van der Waals surface area contributed by atoms with Gasteiger partial charge in [0.2, 0.25) is 5.91 Å². The molecule has 0 aliphatic carbocycles. The first-order chi connectivity index (χ1) is 10.5. The van der Waals surface area contributed by atoms with Crippen LogP contribution in [-0.2, 0) is 4.79 Å². The number of hydrogen-bond acceptors (Lipinski definition) is 4.